The number of fused-ring (bicyclic) bond motifs is 1. The molecule has 9 nitrogen and oxygen atoms in total. The minimum absolute atomic E-state index is 0.0136. The van der Waals surface area contributed by atoms with Crippen molar-refractivity contribution in [1.29, 1.82) is 0 Å². The molecule has 0 radical (unpaired) electrons. The molecule has 2 aliphatic rings. The fraction of sp³-hybridized carbons (Fsp3) is 0.500. The highest BCUT2D eigenvalue weighted by molar-refractivity contribution is 5.97. The Morgan fingerprint density at radius 3 is 2.84 bits per heavy atom. The fourth-order valence-electron chi connectivity index (χ4n) is 3.81. The number of hydrogen-bond donors (Lipinski definition) is 2. The largest absolute Gasteiger partial charge is 0.477 e. The Morgan fingerprint density at radius 1 is 1.48 bits per heavy atom. The number of oxime groups is 1. The van der Waals surface area contributed by atoms with Crippen LogP contribution in [0.4, 0.5) is 14.6 Å². The molecular weight excluding hydrogens is 412 g/mol. The van der Waals surface area contributed by atoms with Crippen LogP contribution in [0.15, 0.2) is 22.2 Å². The van der Waals surface area contributed by atoms with E-state index in [1.807, 2.05) is 6.92 Å². The summed E-state index contributed by atoms with van der Waals surface area (Å²) in [7, 11) is 0. The minimum atomic E-state index is -1.36. The first-order chi connectivity index (χ1) is 14.8. The van der Waals surface area contributed by atoms with Crippen LogP contribution in [0, 0.1) is 11.2 Å². The number of alkyl halides is 1. The van der Waals surface area contributed by atoms with Gasteiger partial charge in [0.15, 0.2) is 11.6 Å². The van der Waals surface area contributed by atoms with Crippen molar-refractivity contribution >= 4 is 28.5 Å². The van der Waals surface area contributed by atoms with Gasteiger partial charge in [-0.25, -0.2) is 18.6 Å². The highest BCUT2D eigenvalue weighted by atomic mass is 19.1. The van der Waals surface area contributed by atoms with Crippen molar-refractivity contribution in [2.45, 2.75) is 25.8 Å². The number of carboxylic acid groups (broad SMARTS) is 1. The van der Waals surface area contributed by atoms with Gasteiger partial charge in [-0.1, -0.05) is 12.1 Å². The number of halogens is 2. The number of aromatic nitrogens is 2. The summed E-state index contributed by atoms with van der Waals surface area (Å²) < 4.78 is 29.1. The maximum Gasteiger partial charge on any atom is 0.341 e. The quantitative estimate of drug-likeness (QED) is 0.501. The molecular formula is C20H23F2N5O4. The second kappa shape index (κ2) is 7.88. The lowest BCUT2D eigenvalue weighted by Gasteiger charge is -2.23. The van der Waals surface area contributed by atoms with Crippen molar-refractivity contribution < 1.29 is 23.5 Å². The van der Waals surface area contributed by atoms with Crippen LogP contribution in [0.3, 0.4) is 0 Å². The summed E-state index contributed by atoms with van der Waals surface area (Å²) in [5, 5.41) is 13.3. The Bertz CT molecular complexity index is 1130. The molecule has 4 rings (SSSR count). The van der Waals surface area contributed by atoms with Gasteiger partial charge in [-0.05, 0) is 18.9 Å². The van der Waals surface area contributed by atoms with Gasteiger partial charge in [0.05, 0.1) is 17.6 Å². The zero-order valence-electron chi connectivity index (χ0n) is 17.0. The van der Waals surface area contributed by atoms with E-state index in [1.54, 1.807) is 9.47 Å². The zero-order chi connectivity index (χ0) is 22.3. The first-order valence-electron chi connectivity index (χ1n) is 9.98. The predicted molar refractivity (Wildman–Crippen MR) is 110 cm³/mol. The van der Waals surface area contributed by atoms with Gasteiger partial charge >= 0.3 is 5.97 Å². The van der Waals surface area contributed by atoms with E-state index in [1.165, 1.54) is 6.20 Å². The summed E-state index contributed by atoms with van der Waals surface area (Å²) in [5.74, 6) is -2.10. The first-order valence-corrected chi connectivity index (χ1v) is 9.98. The molecule has 0 aromatic carbocycles. The molecule has 1 saturated heterocycles. The lowest BCUT2D eigenvalue weighted by atomic mass is 9.88. The molecule has 3 N–H and O–H groups in total. The third kappa shape index (κ3) is 3.73. The summed E-state index contributed by atoms with van der Waals surface area (Å²) in [6.07, 6.45) is 2.93. The molecule has 11 heteroatoms. The van der Waals surface area contributed by atoms with Crippen LogP contribution >= 0.6 is 0 Å². The average Bonchev–Trinajstić information content (AvgIpc) is 3.52. The van der Waals surface area contributed by atoms with Crippen LogP contribution in [0.1, 0.15) is 36.2 Å². The van der Waals surface area contributed by atoms with Crippen molar-refractivity contribution in [2.24, 2.45) is 16.3 Å². The maximum atomic E-state index is 15.1. The number of nitrogens with two attached hydrogens (primary N) is 1. The van der Waals surface area contributed by atoms with Crippen molar-refractivity contribution in [2.75, 3.05) is 37.8 Å². The standard InChI is InChI=1S/C20H23F2N5O4/c1-20(9-23)10-26(8-15(20)25-31-5-4-21)18-14(22)6-12-16(28)13(19(29)30)7-27(11-2-3-11)17(12)24-18/h6-7,11H,2-5,8-10,23H2,1H3,(H,29,30). The predicted octanol–water partition coefficient (Wildman–Crippen LogP) is 1.70. The molecule has 0 amide bonds. The second-order valence-electron chi connectivity index (χ2n) is 8.16. The number of anilines is 1. The molecule has 1 atom stereocenters. The molecule has 0 spiro atoms. The van der Waals surface area contributed by atoms with Gasteiger partial charge in [0, 0.05) is 30.7 Å². The number of aromatic carboxylic acids is 1. The van der Waals surface area contributed by atoms with Gasteiger partial charge in [-0.2, -0.15) is 0 Å². The molecule has 2 aromatic heterocycles. The third-order valence-electron chi connectivity index (χ3n) is 5.78. The van der Waals surface area contributed by atoms with Gasteiger partial charge in [-0.15, -0.1) is 0 Å². The Hall–Kier alpha value is -3.08. The normalized spacial score (nSPS) is 22.5. The van der Waals surface area contributed by atoms with Crippen molar-refractivity contribution in [3.63, 3.8) is 0 Å². The topological polar surface area (TPSA) is 123 Å². The SMILES string of the molecule is CC1(CN)CN(c2nc3c(cc2F)c(=O)c(C(=O)O)cn3C2CC2)CC1=NOCCF. The van der Waals surface area contributed by atoms with E-state index in [2.05, 4.69) is 10.1 Å². The average molecular weight is 435 g/mol. The van der Waals surface area contributed by atoms with Crippen molar-refractivity contribution in [1.82, 2.24) is 9.55 Å². The van der Waals surface area contributed by atoms with Gasteiger partial charge in [0.1, 0.15) is 24.5 Å². The van der Waals surface area contributed by atoms with E-state index >= 15 is 4.39 Å². The van der Waals surface area contributed by atoms with E-state index < -0.39 is 34.9 Å². The Balaban J connectivity index is 1.80. The molecule has 2 fully saturated rings. The van der Waals surface area contributed by atoms with Crippen LogP contribution in [-0.2, 0) is 4.84 Å². The van der Waals surface area contributed by atoms with Crippen LogP contribution in [0.25, 0.3) is 11.0 Å². The maximum absolute atomic E-state index is 15.1. The molecule has 2 aromatic rings. The molecule has 1 unspecified atom stereocenters. The molecule has 166 valence electrons. The summed E-state index contributed by atoms with van der Waals surface area (Å²) in [4.78, 5) is 35.1. The highest BCUT2D eigenvalue weighted by Gasteiger charge is 2.41. The molecule has 1 saturated carbocycles. The summed E-state index contributed by atoms with van der Waals surface area (Å²) in [6.45, 7) is 1.67. The third-order valence-corrected chi connectivity index (χ3v) is 5.78. The van der Waals surface area contributed by atoms with E-state index in [4.69, 9.17) is 10.6 Å². The van der Waals surface area contributed by atoms with Crippen molar-refractivity contribution in [3.05, 3.63) is 33.9 Å². The number of rotatable bonds is 7. The molecule has 0 bridgehead atoms. The van der Waals surface area contributed by atoms with Gasteiger partial charge in [0.25, 0.3) is 0 Å². The number of carbonyl (C=O) groups is 1. The number of carboxylic acids is 1. The molecule has 3 heterocycles. The lowest BCUT2D eigenvalue weighted by molar-refractivity contribution is 0.0695. The highest BCUT2D eigenvalue weighted by Crippen LogP contribution is 2.38. The monoisotopic (exact) mass is 435 g/mol. The summed E-state index contributed by atoms with van der Waals surface area (Å²) >= 11 is 0. The van der Waals surface area contributed by atoms with Crippen molar-refractivity contribution in [3.8, 4) is 0 Å². The van der Waals surface area contributed by atoms with E-state index in [0.717, 1.165) is 18.9 Å². The molecule has 1 aliphatic carbocycles. The summed E-state index contributed by atoms with van der Waals surface area (Å²) in [5.41, 5.74) is 4.90. The first kappa shape index (κ1) is 21.2. The second-order valence-corrected chi connectivity index (χ2v) is 8.16. The molecule has 1 aliphatic heterocycles. The smallest absolute Gasteiger partial charge is 0.341 e. The lowest BCUT2D eigenvalue weighted by Crippen LogP contribution is -2.36. The van der Waals surface area contributed by atoms with Crippen LogP contribution in [-0.4, -0.2) is 59.3 Å². The van der Waals surface area contributed by atoms with E-state index in [-0.39, 0.29) is 42.6 Å². The van der Waals surface area contributed by atoms with Gasteiger partial charge in [-0.3, -0.25) is 4.79 Å². The Kier molecular flexibility index (Phi) is 5.38. The Morgan fingerprint density at radius 2 is 2.23 bits per heavy atom. The Labute approximate surface area is 176 Å². The van der Waals surface area contributed by atoms with Gasteiger partial charge < -0.3 is 25.1 Å². The van der Waals surface area contributed by atoms with Crippen LogP contribution in [0.2, 0.25) is 0 Å². The zero-order valence-corrected chi connectivity index (χ0v) is 17.0. The fourth-order valence-corrected chi connectivity index (χ4v) is 3.81. The van der Waals surface area contributed by atoms with E-state index in [0.29, 0.717) is 12.3 Å². The number of hydrogen-bond acceptors (Lipinski definition) is 7. The minimum Gasteiger partial charge on any atom is -0.477 e. The van der Waals surface area contributed by atoms with Crippen LogP contribution in [0.5, 0.6) is 0 Å². The summed E-state index contributed by atoms with van der Waals surface area (Å²) in [6, 6.07) is 1.06. The number of pyridine rings is 2. The van der Waals surface area contributed by atoms with Gasteiger partial charge in [0.2, 0.25) is 5.43 Å². The molecule has 31 heavy (non-hydrogen) atoms. The van der Waals surface area contributed by atoms with E-state index in [9.17, 15) is 19.1 Å². The number of nitrogens with zero attached hydrogens (tertiary/aromatic N) is 4. The van der Waals surface area contributed by atoms with Crippen LogP contribution < -0.4 is 16.1 Å².